The van der Waals surface area contributed by atoms with Crippen molar-refractivity contribution in [3.05, 3.63) is 29.8 Å². The van der Waals surface area contributed by atoms with Crippen molar-refractivity contribution < 1.29 is 19.3 Å². The first-order chi connectivity index (χ1) is 12.1. The number of hydrogen-bond acceptors (Lipinski definition) is 4. The summed E-state index contributed by atoms with van der Waals surface area (Å²) >= 11 is 0. The van der Waals surface area contributed by atoms with Crippen molar-refractivity contribution >= 4 is 0 Å². The highest BCUT2D eigenvalue weighted by molar-refractivity contribution is 5.28. The molecule has 0 aromatic heterocycles. The van der Waals surface area contributed by atoms with Crippen molar-refractivity contribution in [2.75, 3.05) is 20.3 Å². The number of benzene rings is 1. The zero-order valence-electron chi connectivity index (χ0n) is 15.4. The van der Waals surface area contributed by atoms with E-state index in [2.05, 4.69) is 19.1 Å². The zero-order chi connectivity index (χ0) is 17.5. The molecule has 2 saturated carbocycles. The Morgan fingerprint density at radius 1 is 1.20 bits per heavy atom. The molecule has 4 atom stereocenters. The van der Waals surface area contributed by atoms with E-state index in [0.717, 1.165) is 44.3 Å². The van der Waals surface area contributed by atoms with E-state index in [0.29, 0.717) is 25.0 Å². The number of fused-ring (bicyclic) bond motifs is 2. The first-order valence-electron chi connectivity index (χ1n) is 9.67. The maximum Gasteiger partial charge on any atom is 0.174 e. The molecule has 4 nitrogen and oxygen atoms in total. The number of rotatable bonds is 4. The summed E-state index contributed by atoms with van der Waals surface area (Å²) in [6, 6.07) is 8.27. The number of aliphatic hydroxyl groups excluding tert-OH is 1. The van der Waals surface area contributed by atoms with Crippen molar-refractivity contribution in [2.24, 2.45) is 17.3 Å². The van der Waals surface area contributed by atoms with E-state index >= 15 is 0 Å². The second-order valence-electron chi connectivity index (χ2n) is 8.17. The minimum atomic E-state index is -0.397. The van der Waals surface area contributed by atoms with Gasteiger partial charge in [0.05, 0.1) is 26.4 Å². The van der Waals surface area contributed by atoms with Crippen LogP contribution in [0.1, 0.15) is 44.6 Å². The molecule has 1 aliphatic heterocycles. The Kier molecular flexibility index (Phi) is 4.55. The fourth-order valence-electron chi connectivity index (χ4n) is 5.71. The molecule has 1 aromatic carbocycles. The molecular weight excluding hydrogens is 316 g/mol. The highest BCUT2D eigenvalue weighted by Gasteiger charge is 2.64. The van der Waals surface area contributed by atoms with Gasteiger partial charge >= 0.3 is 0 Å². The predicted octanol–water partition coefficient (Wildman–Crippen LogP) is 3.56. The number of methoxy groups -OCH3 is 1. The molecule has 4 heteroatoms. The van der Waals surface area contributed by atoms with Gasteiger partial charge in [-0.25, -0.2) is 0 Å². The molecule has 1 N–H and O–H groups in total. The highest BCUT2D eigenvalue weighted by Crippen LogP contribution is 2.62. The van der Waals surface area contributed by atoms with Gasteiger partial charge in [-0.2, -0.15) is 0 Å². The van der Waals surface area contributed by atoms with Crippen LogP contribution in [0.3, 0.4) is 0 Å². The van der Waals surface area contributed by atoms with E-state index in [1.807, 2.05) is 12.1 Å². The van der Waals surface area contributed by atoms with Gasteiger partial charge in [0.15, 0.2) is 5.79 Å². The fourth-order valence-corrected chi connectivity index (χ4v) is 5.71. The van der Waals surface area contributed by atoms with Gasteiger partial charge in [0.1, 0.15) is 5.75 Å². The van der Waals surface area contributed by atoms with E-state index in [1.165, 1.54) is 5.56 Å². The third-order valence-electron chi connectivity index (χ3n) is 7.10. The van der Waals surface area contributed by atoms with Gasteiger partial charge < -0.3 is 19.3 Å². The Morgan fingerprint density at radius 3 is 2.76 bits per heavy atom. The minimum Gasteiger partial charge on any atom is -0.497 e. The monoisotopic (exact) mass is 346 g/mol. The number of aliphatic hydroxyl groups is 1. The predicted molar refractivity (Wildman–Crippen MR) is 95.5 cm³/mol. The third kappa shape index (κ3) is 2.79. The van der Waals surface area contributed by atoms with Gasteiger partial charge in [-0.05, 0) is 61.6 Å². The van der Waals surface area contributed by atoms with Crippen LogP contribution in [-0.4, -0.2) is 37.3 Å². The van der Waals surface area contributed by atoms with Gasteiger partial charge in [-0.15, -0.1) is 0 Å². The topological polar surface area (TPSA) is 47.9 Å². The van der Waals surface area contributed by atoms with E-state index in [9.17, 15) is 5.11 Å². The van der Waals surface area contributed by atoms with Gasteiger partial charge in [0, 0.05) is 11.8 Å². The number of ether oxygens (including phenoxy) is 3. The van der Waals surface area contributed by atoms with Crippen LogP contribution in [0.15, 0.2) is 24.3 Å². The molecular formula is C21H30O4. The molecule has 0 amide bonds. The SMILES string of the molecule is COc1cccc(CC[C@@H]2C(O)CC[C@@]3(C)[C@H]2CCC32OCCO2)c1. The van der Waals surface area contributed by atoms with E-state index in [4.69, 9.17) is 14.2 Å². The lowest BCUT2D eigenvalue weighted by atomic mass is 9.60. The molecule has 3 fully saturated rings. The Labute approximate surface area is 150 Å². The molecule has 0 radical (unpaired) electrons. The molecule has 138 valence electrons. The lowest BCUT2D eigenvalue weighted by molar-refractivity contribution is -0.241. The van der Waals surface area contributed by atoms with Crippen LogP contribution < -0.4 is 4.74 Å². The Morgan fingerprint density at radius 2 is 2.00 bits per heavy atom. The van der Waals surface area contributed by atoms with Crippen LogP contribution in [0, 0.1) is 17.3 Å². The summed E-state index contributed by atoms with van der Waals surface area (Å²) in [5.74, 6) is 1.29. The summed E-state index contributed by atoms with van der Waals surface area (Å²) in [6.45, 7) is 3.75. The van der Waals surface area contributed by atoms with Crippen molar-refractivity contribution in [1.29, 1.82) is 0 Å². The third-order valence-corrected chi connectivity index (χ3v) is 7.10. The van der Waals surface area contributed by atoms with E-state index in [-0.39, 0.29) is 11.5 Å². The van der Waals surface area contributed by atoms with E-state index < -0.39 is 5.79 Å². The van der Waals surface area contributed by atoms with Crippen LogP contribution >= 0.6 is 0 Å². The maximum absolute atomic E-state index is 10.7. The summed E-state index contributed by atoms with van der Waals surface area (Å²) in [5.41, 5.74) is 1.31. The Hall–Kier alpha value is -1.10. The van der Waals surface area contributed by atoms with Gasteiger partial charge in [-0.3, -0.25) is 0 Å². The lowest BCUT2D eigenvalue weighted by Crippen LogP contribution is -2.52. The molecule has 25 heavy (non-hydrogen) atoms. The molecule has 4 rings (SSSR count). The lowest BCUT2D eigenvalue weighted by Gasteiger charge is -2.50. The second kappa shape index (κ2) is 6.57. The highest BCUT2D eigenvalue weighted by atomic mass is 16.7. The minimum absolute atomic E-state index is 0.0295. The average Bonchev–Trinajstić information content (AvgIpc) is 3.22. The van der Waals surface area contributed by atoms with Gasteiger partial charge in [-0.1, -0.05) is 19.1 Å². The second-order valence-corrected chi connectivity index (χ2v) is 8.17. The van der Waals surface area contributed by atoms with Crippen molar-refractivity contribution in [1.82, 2.24) is 0 Å². The molecule has 2 aliphatic carbocycles. The summed E-state index contributed by atoms with van der Waals surface area (Å²) in [7, 11) is 1.70. The first kappa shape index (κ1) is 17.3. The maximum atomic E-state index is 10.7. The molecule has 1 unspecified atom stereocenters. The van der Waals surface area contributed by atoms with Crippen molar-refractivity contribution in [3.8, 4) is 5.75 Å². The van der Waals surface area contributed by atoms with Gasteiger partial charge in [0.25, 0.3) is 0 Å². The summed E-state index contributed by atoms with van der Waals surface area (Å²) in [4.78, 5) is 0. The molecule has 1 aromatic rings. The summed E-state index contributed by atoms with van der Waals surface area (Å²) in [5, 5.41) is 10.7. The first-order valence-corrected chi connectivity index (χ1v) is 9.67. The van der Waals surface area contributed by atoms with Crippen LogP contribution in [-0.2, 0) is 15.9 Å². The van der Waals surface area contributed by atoms with E-state index in [1.54, 1.807) is 7.11 Å². The quantitative estimate of drug-likeness (QED) is 0.906. The number of aryl methyl sites for hydroxylation is 1. The Bertz CT molecular complexity index is 610. The molecule has 1 spiro atoms. The normalized spacial score (nSPS) is 36.5. The Balaban J connectivity index is 1.50. The summed E-state index contributed by atoms with van der Waals surface area (Å²) < 4.78 is 17.6. The van der Waals surface area contributed by atoms with Gasteiger partial charge in [0.2, 0.25) is 0 Å². The molecule has 0 bridgehead atoms. The van der Waals surface area contributed by atoms with Crippen molar-refractivity contribution in [2.45, 2.75) is 57.3 Å². The largest absolute Gasteiger partial charge is 0.497 e. The average molecular weight is 346 g/mol. The zero-order valence-corrected chi connectivity index (χ0v) is 15.4. The summed E-state index contributed by atoms with van der Waals surface area (Å²) in [6.07, 6.45) is 5.68. The van der Waals surface area contributed by atoms with Crippen molar-refractivity contribution in [3.63, 3.8) is 0 Å². The molecule has 1 saturated heterocycles. The molecule has 1 heterocycles. The number of hydrogen-bond donors (Lipinski definition) is 1. The fraction of sp³-hybridized carbons (Fsp3) is 0.714. The van der Waals surface area contributed by atoms with Crippen LogP contribution in [0.5, 0.6) is 5.75 Å². The smallest absolute Gasteiger partial charge is 0.174 e. The standard InChI is InChI=1S/C21H30O4/c1-20-10-9-19(22)17(7-6-15-4-3-5-16(14-15)23-2)18(20)8-11-21(20)24-12-13-25-21/h3-5,14,17-19,22H,6-13H2,1-2H3/t17-,18-,19?,20-/m0/s1. The van der Waals surface area contributed by atoms with Crippen LogP contribution in [0.25, 0.3) is 0 Å². The van der Waals surface area contributed by atoms with Crippen LogP contribution in [0.4, 0.5) is 0 Å². The van der Waals surface area contributed by atoms with Crippen LogP contribution in [0.2, 0.25) is 0 Å². The molecule has 3 aliphatic rings.